The lowest BCUT2D eigenvalue weighted by Crippen LogP contribution is -2.54. The third kappa shape index (κ3) is 5.88. The summed E-state index contributed by atoms with van der Waals surface area (Å²) in [6.07, 6.45) is 4.07. The van der Waals surface area contributed by atoms with E-state index in [4.69, 9.17) is 0 Å². The van der Waals surface area contributed by atoms with Crippen LogP contribution in [0.1, 0.15) is 30.6 Å². The van der Waals surface area contributed by atoms with Gasteiger partial charge in [-0.3, -0.25) is 9.59 Å². The van der Waals surface area contributed by atoms with E-state index < -0.39 is 16.1 Å². The maximum atomic E-state index is 12.7. The summed E-state index contributed by atoms with van der Waals surface area (Å²) in [5, 5.41) is 10.4. The zero-order valence-corrected chi connectivity index (χ0v) is 19.0. The Balaban J connectivity index is 1.60. The number of carbonyl (C=O) groups is 2. The second-order valence-corrected chi connectivity index (χ2v) is 11.2. The Morgan fingerprint density at radius 3 is 2.76 bits per heavy atom. The van der Waals surface area contributed by atoms with Gasteiger partial charge in [-0.2, -0.15) is 4.72 Å². The van der Waals surface area contributed by atoms with Crippen LogP contribution in [0.15, 0.2) is 21.3 Å². The van der Waals surface area contributed by atoms with Gasteiger partial charge in [0.1, 0.15) is 6.04 Å². The third-order valence-electron chi connectivity index (χ3n) is 5.08. The lowest BCUT2D eigenvalue weighted by Gasteiger charge is -2.33. The molecule has 0 unspecified atom stereocenters. The van der Waals surface area contributed by atoms with Gasteiger partial charge in [-0.15, -0.1) is 11.3 Å². The van der Waals surface area contributed by atoms with Crippen molar-refractivity contribution in [3.63, 3.8) is 0 Å². The molecule has 2 N–H and O–H groups in total. The van der Waals surface area contributed by atoms with Crippen molar-refractivity contribution in [3.05, 3.63) is 26.2 Å². The zero-order chi connectivity index (χ0) is 21.0. The highest BCUT2D eigenvalue weighted by Crippen LogP contribution is 2.23. The number of halogens is 1. The molecule has 29 heavy (non-hydrogen) atoms. The fourth-order valence-electron chi connectivity index (χ4n) is 3.63. The number of aliphatic hydroxyl groups excluding tert-OH is 1. The van der Waals surface area contributed by atoms with Crippen molar-refractivity contribution in [2.45, 2.75) is 37.8 Å². The summed E-state index contributed by atoms with van der Waals surface area (Å²) in [5.74, 6) is -0.596. The molecular weight excluding hydrogens is 482 g/mol. The van der Waals surface area contributed by atoms with E-state index >= 15 is 0 Å². The maximum absolute atomic E-state index is 12.7. The summed E-state index contributed by atoms with van der Waals surface area (Å²) in [6.45, 7) is 0.813. The molecule has 2 aliphatic rings. The number of piperidine rings is 1. The lowest BCUT2D eigenvalue weighted by atomic mass is 10.1. The van der Waals surface area contributed by atoms with Crippen molar-refractivity contribution < 1.29 is 23.1 Å². The number of sulfonamides is 1. The van der Waals surface area contributed by atoms with Crippen LogP contribution in [0.5, 0.6) is 0 Å². The van der Waals surface area contributed by atoms with Crippen LogP contribution in [0.4, 0.5) is 0 Å². The first-order valence-corrected chi connectivity index (χ1v) is 12.6. The number of hydrogen-bond acceptors (Lipinski definition) is 6. The molecule has 3 rings (SSSR count). The zero-order valence-electron chi connectivity index (χ0n) is 15.8. The summed E-state index contributed by atoms with van der Waals surface area (Å²) in [7, 11) is -3.80. The fourth-order valence-corrected chi connectivity index (χ4v) is 6.06. The average Bonchev–Trinajstić information content (AvgIpc) is 3.32. The van der Waals surface area contributed by atoms with Crippen LogP contribution >= 0.6 is 27.3 Å². The number of thiophene rings is 1. The molecule has 1 aromatic heterocycles. The number of amides is 2. The van der Waals surface area contributed by atoms with Crippen LogP contribution in [0.3, 0.4) is 0 Å². The predicted octanol–water partition coefficient (Wildman–Crippen LogP) is 1.37. The van der Waals surface area contributed by atoms with Crippen molar-refractivity contribution in [1.29, 1.82) is 0 Å². The number of rotatable bonds is 7. The van der Waals surface area contributed by atoms with E-state index in [9.17, 15) is 23.1 Å². The van der Waals surface area contributed by atoms with E-state index in [0.717, 1.165) is 26.9 Å². The van der Waals surface area contributed by atoms with Gasteiger partial charge in [-0.1, -0.05) is 0 Å². The minimum absolute atomic E-state index is 0.0880. The van der Waals surface area contributed by atoms with E-state index in [1.807, 2.05) is 6.07 Å². The molecule has 2 fully saturated rings. The SMILES string of the molecule is O=C1[C@@H](NS(=O)(=O)C=Cc2ccc(Br)s2)CCCN1CC(=O)N1CCC[C@@H]1CO. The van der Waals surface area contributed by atoms with Crippen molar-refractivity contribution in [2.24, 2.45) is 0 Å². The molecular formula is C18H24BrN3O5S2. The average molecular weight is 506 g/mol. The number of likely N-dealkylation sites (tertiary alicyclic amines) is 2. The second-order valence-electron chi connectivity index (χ2n) is 7.13. The quantitative estimate of drug-likeness (QED) is 0.581. The van der Waals surface area contributed by atoms with Crippen LogP contribution in [0.25, 0.3) is 6.08 Å². The summed E-state index contributed by atoms with van der Waals surface area (Å²) >= 11 is 4.72. The van der Waals surface area contributed by atoms with Crippen LogP contribution in [0.2, 0.25) is 0 Å². The van der Waals surface area contributed by atoms with Gasteiger partial charge >= 0.3 is 0 Å². The van der Waals surface area contributed by atoms with Crippen molar-refractivity contribution in [1.82, 2.24) is 14.5 Å². The maximum Gasteiger partial charge on any atom is 0.242 e. The van der Waals surface area contributed by atoms with Gasteiger partial charge in [0, 0.05) is 23.4 Å². The van der Waals surface area contributed by atoms with Crippen LogP contribution < -0.4 is 4.72 Å². The molecule has 0 saturated carbocycles. The highest BCUT2D eigenvalue weighted by molar-refractivity contribution is 9.11. The highest BCUT2D eigenvalue weighted by atomic mass is 79.9. The van der Waals surface area contributed by atoms with E-state index in [0.29, 0.717) is 25.9 Å². The molecule has 8 nitrogen and oxygen atoms in total. The Labute approximate surface area is 182 Å². The topological polar surface area (TPSA) is 107 Å². The van der Waals surface area contributed by atoms with Crippen molar-refractivity contribution in [2.75, 3.05) is 26.2 Å². The van der Waals surface area contributed by atoms with Gasteiger partial charge in [-0.25, -0.2) is 8.42 Å². The smallest absolute Gasteiger partial charge is 0.242 e. The molecule has 0 radical (unpaired) electrons. The van der Waals surface area contributed by atoms with Crippen LogP contribution in [-0.2, 0) is 19.6 Å². The molecule has 160 valence electrons. The molecule has 2 atom stereocenters. The van der Waals surface area contributed by atoms with Crippen molar-refractivity contribution >= 4 is 55.2 Å². The first-order chi connectivity index (χ1) is 13.8. The molecule has 1 aromatic rings. The first kappa shape index (κ1) is 22.4. The minimum atomic E-state index is -3.80. The van der Waals surface area contributed by atoms with Gasteiger partial charge in [-0.05, 0) is 59.8 Å². The molecule has 2 saturated heterocycles. The van der Waals surface area contributed by atoms with E-state index in [1.54, 1.807) is 11.0 Å². The van der Waals surface area contributed by atoms with Crippen LogP contribution in [-0.4, -0.2) is 73.5 Å². The van der Waals surface area contributed by atoms with Gasteiger partial charge in [0.2, 0.25) is 21.8 Å². The molecule has 2 aliphatic heterocycles. The molecule has 2 amide bonds. The lowest BCUT2D eigenvalue weighted by molar-refractivity contribution is -0.143. The summed E-state index contributed by atoms with van der Waals surface area (Å²) < 4.78 is 28.1. The van der Waals surface area contributed by atoms with Crippen molar-refractivity contribution in [3.8, 4) is 0 Å². The Hall–Kier alpha value is -1.27. The van der Waals surface area contributed by atoms with Gasteiger partial charge in [0.05, 0.1) is 23.0 Å². The Bertz CT molecular complexity index is 886. The Morgan fingerprint density at radius 1 is 1.31 bits per heavy atom. The molecule has 11 heteroatoms. The van der Waals surface area contributed by atoms with Gasteiger partial charge < -0.3 is 14.9 Å². The first-order valence-electron chi connectivity index (χ1n) is 9.44. The van der Waals surface area contributed by atoms with E-state index in [-0.39, 0.29) is 31.0 Å². The number of carbonyl (C=O) groups excluding carboxylic acids is 2. The Kier molecular flexibility index (Phi) is 7.49. The third-order valence-corrected chi connectivity index (χ3v) is 7.77. The second kappa shape index (κ2) is 9.69. The Morgan fingerprint density at radius 2 is 2.07 bits per heavy atom. The highest BCUT2D eigenvalue weighted by Gasteiger charge is 2.35. The molecule has 0 bridgehead atoms. The fraction of sp³-hybridized carbons (Fsp3) is 0.556. The number of aliphatic hydroxyl groups is 1. The minimum Gasteiger partial charge on any atom is -0.394 e. The monoisotopic (exact) mass is 505 g/mol. The predicted molar refractivity (Wildman–Crippen MR) is 115 cm³/mol. The van der Waals surface area contributed by atoms with Gasteiger partial charge in [0.25, 0.3) is 0 Å². The molecule has 0 aromatic carbocycles. The van der Waals surface area contributed by atoms with E-state index in [1.165, 1.54) is 22.3 Å². The van der Waals surface area contributed by atoms with Gasteiger partial charge in [0.15, 0.2) is 0 Å². The molecule has 0 aliphatic carbocycles. The molecule has 0 spiro atoms. The largest absolute Gasteiger partial charge is 0.394 e. The number of nitrogens with zero attached hydrogens (tertiary/aromatic N) is 2. The summed E-state index contributed by atoms with van der Waals surface area (Å²) in [5.41, 5.74) is 0. The number of hydrogen-bond donors (Lipinski definition) is 2. The van der Waals surface area contributed by atoms with E-state index in [2.05, 4.69) is 20.7 Å². The molecule has 3 heterocycles. The summed E-state index contributed by atoms with van der Waals surface area (Å²) in [4.78, 5) is 29.1. The standard InChI is InChI=1S/C18H24BrN3O5S2/c19-16-6-5-14(28-16)7-10-29(26,27)20-15-4-2-8-21(18(15)25)11-17(24)22-9-1-3-13(22)12-23/h5-7,10,13,15,20,23H,1-4,8-9,11-12H2/t13-,15+/m1/s1. The normalized spacial score (nSPS) is 23.3. The number of nitrogens with one attached hydrogen (secondary N) is 1. The van der Waals surface area contributed by atoms with Crippen LogP contribution in [0, 0.1) is 0 Å². The summed E-state index contributed by atoms with van der Waals surface area (Å²) in [6, 6.07) is 2.54.